The first-order chi connectivity index (χ1) is 7.94. The average molecular weight is 257 g/mol. The van der Waals surface area contributed by atoms with E-state index in [4.69, 9.17) is 4.55 Å². The summed E-state index contributed by atoms with van der Waals surface area (Å²) in [7, 11) is -3.84. The van der Waals surface area contributed by atoms with Gasteiger partial charge in [0.2, 0.25) is 0 Å². The second-order valence-corrected chi connectivity index (χ2v) is 5.59. The summed E-state index contributed by atoms with van der Waals surface area (Å²) in [6, 6.07) is 6.01. The van der Waals surface area contributed by atoms with E-state index in [0.29, 0.717) is 13.0 Å². The van der Waals surface area contributed by atoms with E-state index in [2.05, 4.69) is 25.2 Å². The first-order valence-electron chi connectivity index (χ1n) is 5.71. The van der Waals surface area contributed by atoms with Crippen molar-refractivity contribution in [1.82, 2.24) is 0 Å². The summed E-state index contributed by atoms with van der Waals surface area (Å²) in [5, 5.41) is 3.20. The van der Waals surface area contributed by atoms with Crippen molar-refractivity contribution >= 4 is 15.8 Å². The molecule has 17 heavy (non-hydrogen) atoms. The zero-order valence-electron chi connectivity index (χ0n) is 10.2. The lowest BCUT2D eigenvalue weighted by atomic mass is 10.0. The molecule has 0 spiro atoms. The van der Waals surface area contributed by atoms with Crippen LogP contribution in [0, 0.1) is 6.92 Å². The molecule has 0 saturated heterocycles. The summed E-state index contributed by atoms with van der Waals surface area (Å²) < 4.78 is 29.7. The molecule has 0 aromatic heterocycles. The van der Waals surface area contributed by atoms with Crippen LogP contribution in [0.25, 0.3) is 0 Å². The molecule has 1 aromatic carbocycles. The standard InChI is InChI=1S/C12H19NO3S/c1-3-11-10(2)6-4-7-12(11)13-8-5-9-17(14,15)16/h4,6-7,13H,3,5,8-9H2,1-2H3,(H,14,15,16). The highest BCUT2D eigenvalue weighted by molar-refractivity contribution is 7.85. The number of nitrogens with one attached hydrogen (secondary N) is 1. The Bertz CT molecular complexity index is 469. The Hall–Kier alpha value is -1.07. The zero-order valence-corrected chi connectivity index (χ0v) is 11.0. The Morgan fingerprint density at radius 2 is 2.06 bits per heavy atom. The van der Waals surface area contributed by atoms with Gasteiger partial charge < -0.3 is 5.32 Å². The van der Waals surface area contributed by atoms with Crippen LogP contribution in [0.5, 0.6) is 0 Å². The van der Waals surface area contributed by atoms with Crippen LogP contribution in [0.2, 0.25) is 0 Å². The largest absolute Gasteiger partial charge is 0.385 e. The second kappa shape index (κ2) is 6.02. The van der Waals surface area contributed by atoms with E-state index in [-0.39, 0.29) is 5.75 Å². The highest BCUT2D eigenvalue weighted by Crippen LogP contribution is 2.19. The first-order valence-corrected chi connectivity index (χ1v) is 7.32. The molecule has 0 heterocycles. The Balaban J connectivity index is 2.55. The van der Waals surface area contributed by atoms with Gasteiger partial charge in [-0.25, -0.2) is 0 Å². The predicted octanol–water partition coefficient (Wildman–Crippen LogP) is 2.25. The van der Waals surface area contributed by atoms with Gasteiger partial charge in [-0.3, -0.25) is 4.55 Å². The molecule has 1 rings (SSSR count). The minimum atomic E-state index is -3.84. The first kappa shape index (κ1) is 14.0. The highest BCUT2D eigenvalue weighted by atomic mass is 32.2. The molecule has 2 N–H and O–H groups in total. The lowest BCUT2D eigenvalue weighted by molar-refractivity contribution is 0.481. The minimum absolute atomic E-state index is 0.201. The smallest absolute Gasteiger partial charge is 0.264 e. The van der Waals surface area contributed by atoms with E-state index in [1.165, 1.54) is 11.1 Å². The van der Waals surface area contributed by atoms with Crippen LogP contribution in [0.4, 0.5) is 5.69 Å². The molecule has 1 aromatic rings. The van der Waals surface area contributed by atoms with Crippen molar-refractivity contribution in [3.8, 4) is 0 Å². The van der Waals surface area contributed by atoms with E-state index in [9.17, 15) is 8.42 Å². The van der Waals surface area contributed by atoms with Crippen molar-refractivity contribution in [2.45, 2.75) is 26.7 Å². The summed E-state index contributed by atoms with van der Waals surface area (Å²) in [6.45, 7) is 4.68. The molecular weight excluding hydrogens is 238 g/mol. The fraction of sp³-hybridized carbons (Fsp3) is 0.500. The van der Waals surface area contributed by atoms with Crippen LogP contribution in [0.1, 0.15) is 24.5 Å². The Labute approximate surface area is 103 Å². The van der Waals surface area contributed by atoms with Crippen molar-refractivity contribution in [3.63, 3.8) is 0 Å². The van der Waals surface area contributed by atoms with Gasteiger partial charge in [-0.15, -0.1) is 0 Å². The van der Waals surface area contributed by atoms with Gasteiger partial charge in [0, 0.05) is 12.2 Å². The van der Waals surface area contributed by atoms with Gasteiger partial charge in [0.25, 0.3) is 10.1 Å². The minimum Gasteiger partial charge on any atom is -0.385 e. The molecule has 96 valence electrons. The van der Waals surface area contributed by atoms with Crippen molar-refractivity contribution < 1.29 is 13.0 Å². The van der Waals surface area contributed by atoms with Crippen molar-refractivity contribution in [1.29, 1.82) is 0 Å². The monoisotopic (exact) mass is 257 g/mol. The van der Waals surface area contributed by atoms with Crippen molar-refractivity contribution in [3.05, 3.63) is 29.3 Å². The second-order valence-electron chi connectivity index (χ2n) is 4.02. The van der Waals surface area contributed by atoms with Crippen LogP contribution in [-0.2, 0) is 16.5 Å². The number of aryl methyl sites for hydroxylation is 1. The molecule has 0 radical (unpaired) electrons. The van der Waals surface area contributed by atoms with Crippen molar-refractivity contribution in [2.75, 3.05) is 17.6 Å². The summed E-state index contributed by atoms with van der Waals surface area (Å²) in [5.41, 5.74) is 3.52. The molecule has 0 atom stereocenters. The number of anilines is 1. The van der Waals surface area contributed by atoms with Gasteiger partial charge in [0.1, 0.15) is 0 Å². The van der Waals surface area contributed by atoms with E-state index in [1.807, 2.05) is 12.1 Å². The number of hydrogen-bond donors (Lipinski definition) is 2. The lowest BCUT2D eigenvalue weighted by Crippen LogP contribution is -2.11. The van der Waals surface area contributed by atoms with E-state index in [1.54, 1.807) is 0 Å². The number of hydrogen-bond acceptors (Lipinski definition) is 3. The van der Waals surface area contributed by atoms with Crippen LogP contribution in [-0.4, -0.2) is 25.3 Å². The van der Waals surface area contributed by atoms with Gasteiger partial charge >= 0.3 is 0 Å². The van der Waals surface area contributed by atoms with Gasteiger partial charge in [-0.1, -0.05) is 19.1 Å². The quantitative estimate of drug-likeness (QED) is 0.606. The van der Waals surface area contributed by atoms with Gasteiger partial charge in [0.05, 0.1) is 5.75 Å². The molecule has 0 bridgehead atoms. The maximum absolute atomic E-state index is 10.5. The summed E-state index contributed by atoms with van der Waals surface area (Å²) in [5.74, 6) is -0.201. The summed E-state index contributed by atoms with van der Waals surface area (Å²) >= 11 is 0. The highest BCUT2D eigenvalue weighted by Gasteiger charge is 2.05. The molecule has 0 aliphatic heterocycles. The number of rotatable bonds is 6. The van der Waals surface area contributed by atoms with Crippen molar-refractivity contribution in [2.24, 2.45) is 0 Å². The molecule has 0 amide bonds. The molecule has 0 unspecified atom stereocenters. The van der Waals surface area contributed by atoms with Gasteiger partial charge in [-0.2, -0.15) is 8.42 Å². The molecular formula is C12H19NO3S. The van der Waals surface area contributed by atoms with E-state index < -0.39 is 10.1 Å². The third-order valence-corrected chi connectivity index (χ3v) is 3.46. The van der Waals surface area contributed by atoms with E-state index in [0.717, 1.165) is 12.1 Å². The maximum Gasteiger partial charge on any atom is 0.264 e. The average Bonchev–Trinajstić information content (AvgIpc) is 2.23. The zero-order chi connectivity index (χ0) is 12.9. The fourth-order valence-electron chi connectivity index (χ4n) is 1.81. The Morgan fingerprint density at radius 1 is 1.35 bits per heavy atom. The third-order valence-electron chi connectivity index (χ3n) is 2.66. The third kappa shape index (κ3) is 4.75. The maximum atomic E-state index is 10.5. The molecule has 5 heteroatoms. The van der Waals surface area contributed by atoms with E-state index >= 15 is 0 Å². The fourth-order valence-corrected chi connectivity index (χ4v) is 2.32. The van der Waals surface area contributed by atoms with Crippen LogP contribution < -0.4 is 5.32 Å². The number of benzene rings is 1. The summed E-state index contributed by atoms with van der Waals surface area (Å²) in [4.78, 5) is 0. The molecule has 0 fully saturated rings. The van der Waals surface area contributed by atoms with Gasteiger partial charge in [0.15, 0.2) is 0 Å². The molecule has 0 aliphatic carbocycles. The lowest BCUT2D eigenvalue weighted by Gasteiger charge is -2.12. The van der Waals surface area contributed by atoms with Crippen LogP contribution in [0.3, 0.4) is 0 Å². The normalized spacial score (nSPS) is 11.5. The SMILES string of the molecule is CCc1c(C)cccc1NCCCS(=O)(=O)O. The Kier molecular flexibility index (Phi) is 4.96. The molecule has 0 saturated carbocycles. The molecule has 4 nitrogen and oxygen atoms in total. The molecule has 0 aliphatic rings. The van der Waals surface area contributed by atoms with Crippen LogP contribution in [0.15, 0.2) is 18.2 Å². The van der Waals surface area contributed by atoms with Crippen LogP contribution >= 0.6 is 0 Å². The Morgan fingerprint density at radius 3 is 2.65 bits per heavy atom. The summed E-state index contributed by atoms with van der Waals surface area (Å²) in [6.07, 6.45) is 1.34. The van der Waals surface area contributed by atoms with Gasteiger partial charge in [-0.05, 0) is 37.0 Å². The predicted molar refractivity (Wildman–Crippen MR) is 70.1 cm³/mol. The topological polar surface area (TPSA) is 66.4 Å².